The number of nitriles is 1. The molecule has 0 fully saturated rings. The van der Waals surface area contributed by atoms with Crippen LogP contribution in [0.2, 0.25) is 0 Å². The van der Waals surface area contributed by atoms with Crippen LogP contribution in [0.25, 0.3) is 0 Å². The van der Waals surface area contributed by atoms with Crippen molar-refractivity contribution in [3.05, 3.63) is 51.2 Å². The third-order valence-electron chi connectivity index (χ3n) is 2.81. The highest BCUT2D eigenvalue weighted by Gasteiger charge is 2.20. The van der Waals surface area contributed by atoms with E-state index < -0.39 is 16.0 Å². The third-order valence-corrected chi connectivity index (χ3v) is 5.09. The van der Waals surface area contributed by atoms with Gasteiger partial charge in [-0.05, 0) is 52.9 Å². The molecule has 0 aliphatic heterocycles. The van der Waals surface area contributed by atoms with Crippen LogP contribution in [0.1, 0.15) is 15.9 Å². The predicted octanol–water partition coefficient (Wildman–Crippen LogP) is 2.15. The summed E-state index contributed by atoms with van der Waals surface area (Å²) in [4.78, 5) is 15.4. The normalized spacial score (nSPS) is 10.7. The van der Waals surface area contributed by atoms with E-state index in [2.05, 4.69) is 14.4 Å². The van der Waals surface area contributed by atoms with Crippen molar-refractivity contribution >= 4 is 44.4 Å². The van der Waals surface area contributed by atoms with E-state index in [9.17, 15) is 13.2 Å². The smallest absolute Gasteiger partial charge is 0.338 e. The van der Waals surface area contributed by atoms with Crippen molar-refractivity contribution in [2.75, 3.05) is 11.8 Å². The highest BCUT2D eigenvalue weighted by atomic mass is 127. The van der Waals surface area contributed by atoms with E-state index in [4.69, 9.17) is 5.26 Å². The zero-order chi connectivity index (χ0) is 17.0. The number of esters is 1. The van der Waals surface area contributed by atoms with Crippen molar-refractivity contribution in [1.29, 1.82) is 5.26 Å². The third kappa shape index (κ3) is 3.77. The van der Waals surface area contributed by atoms with Gasteiger partial charge in [0.25, 0.3) is 10.0 Å². The minimum Gasteiger partial charge on any atom is -0.465 e. The van der Waals surface area contributed by atoms with E-state index in [1.54, 1.807) is 0 Å². The average molecular weight is 443 g/mol. The summed E-state index contributed by atoms with van der Waals surface area (Å²) in [5.41, 5.74) is 0.229. The van der Waals surface area contributed by atoms with Gasteiger partial charge in [-0.2, -0.15) is 5.26 Å². The molecule has 0 aliphatic rings. The molecular weight excluding hydrogens is 433 g/mol. The van der Waals surface area contributed by atoms with Crippen LogP contribution in [0.15, 0.2) is 41.4 Å². The number of anilines is 1. The Morgan fingerprint density at radius 2 is 2.13 bits per heavy atom. The molecule has 0 saturated carbocycles. The van der Waals surface area contributed by atoms with Crippen molar-refractivity contribution in [2.45, 2.75) is 4.90 Å². The first-order valence-corrected chi connectivity index (χ1v) is 8.71. The Kier molecular flexibility index (Phi) is 5.17. The number of nitrogens with zero attached hydrogens (tertiary/aromatic N) is 2. The second-order valence-electron chi connectivity index (χ2n) is 4.25. The fourth-order valence-electron chi connectivity index (χ4n) is 1.70. The van der Waals surface area contributed by atoms with Crippen molar-refractivity contribution in [1.82, 2.24) is 4.98 Å². The van der Waals surface area contributed by atoms with Crippen LogP contribution in [0, 0.1) is 14.9 Å². The second kappa shape index (κ2) is 6.93. The Balaban J connectivity index is 2.45. The van der Waals surface area contributed by atoms with E-state index in [0.717, 1.165) is 0 Å². The molecule has 0 amide bonds. The minimum atomic E-state index is -4.00. The lowest BCUT2D eigenvalue weighted by Crippen LogP contribution is -2.16. The maximum atomic E-state index is 12.4. The van der Waals surface area contributed by atoms with Crippen LogP contribution < -0.4 is 4.72 Å². The summed E-state index contributed by atoms with van der Waals surface area (Å²) in [5, 5.41) is 8.98. The molecule has 0 spiro atoms. The molecule has 1 aromatic carbocycles. The van der Waals surface area contributed by atoms with Gasteiger partial charge >= 0.3 is 5.97 Å². The lowest BCUT2D eigenvalue weighted by atomic mass is 10.2. The number of hydrogen-bond acceptors (Lipinski definition) is 6. The standard InChI is InChI=1S/C14H10IN3O4S/c1-22-14(19)11-7-10(4-5-12(11)15)23(20,21)18-13-9(8-16)3-2-6-17-13/h2-7H,1H3,(H,17,18). The summed E-state index contributed by atoms with van der Waals surface area (Å²) in [6.07, 6.45) is 1.37. The first-order chi connectivity index (χ1) is 10.9. The number of sulfonamides is 1. The summed E-state index contributed by atoms with van der Waals surface area (Å²) in [6, 6.07) is 8.88. The zero-order valence-corrected chi connectivity index (χ0v) is 14.8. The van der Waals surface area contributed by atoms with Gasteiger partial charge in [-0.25, -0.2) is 18.2 Å². The second-order valence-corrected chi connectivity index (χ2v) is 7.09. The van der Waals surface area contributed by atoms with Gasteiger partial charge in [0.15, 0.2) is 5.82 Å². The largest absolute Gasteiger partial charge is 0.465 e. The van der Waals surface area contributed by atoms with Gasteiger partial charge in [0.2, 0.25) is 0 Å². The molecule has 2 rings (SSSR count). The fourth-order valence-corrected chi connectivity index (χ4v) is 3.31. The van der Waals surface area contributed by atoms with E-state index in [0.29, 0.717) is 3.57 Å². The Hall–Kier alpha value is -2.19. The Morgan fingerprint density at radius 3 is 2.78 bits per heavy atom. The number of hydrogen-bond donors (Lipinski definition) is 1. The number of benzene rings is 1. The van der Waals surface area contributed by atoms with Crippen LogP contribution >= 0.6 is 22.6 Å². The number of carbonyl (C=O) groups is 1. The van der Waals surface area contributed by atoms with Gasteiger partial charge in [-0.15, -0.1) is 0 Å². The van der Waals surface area contributed by atoms with E-state index >= 15 is 0 Å². The first kappa shape index (κ1) is 17.2. The molecular formula is C14H10IN3O4S. The number of aromatic nitrogens is 1. The number of nitrogens with one attached hydrogen (secondary N) is 1. The highest BCUT2D eigenvalue weighted by Crippen LogP contribution is 2.21. The van der Waals surface area contributed by atoms with Crippen molar-refractivity contribution in [3.63, 3.8) is 0 Å². The van der Waals surface area contributed by atoms with Crippen LogP contribution in [0.3, 0.4) is 0 Å². The van der Waals surface area contributed by atoms with Gasteiger partial charge in [0, 0.05) is 9.77 Å². The summed E-state index contributed by atoms with van der Waals surface area (Å²) >= 11 is 1.91. The molecule has 1 aromatic heterocycles. The van der Waals surface area contributed by atoms with Crippen LogP contribution in [-0.2, 0) is 14.8 Å². The van der Waals surface area contributed by atoms with Crippen LogP contribution in [0.4, 0.5) is 5.82 Å². The predicted molar refractivity (Wildman–Crippen MR) is 90.3 cm³/mol. The molecule has 0 unspecified atom stereocenters. The Morgan fingerprint density at radius 1 is 1.39 bits per heavy atom. The van der Waals surface area contributed by atoms with Gasteiger partial charge in [-0.3, -0.25) is 4.72 Å². The molecule has 9 heteroatoms. The number of pyridine rings is 1. The summed E-state index contributed by atoms with van der Waals surface area (Å²) in [7, 11) is -2.79. The molecule has 0 radical (unpaired) electrons. The number of halogens is 1. The maximum Gasteiger partial charge on any atom is 0.338 e. The van der Waals surface area contributed by atoms with Gasteiger partial charge in [0.1, 0.15) is 6.07 Å². The molecule has 23 heavy (non-hydrogen) atoms. The monoisotopic (exact) mass is 443 g/mol. The van der Waals surface area contributed by atoms with Crippen LogP contribution in [0.5, 0.6) is 0 Å². The molecule has 0 aliphatic carbocycles. The number of ether oxygens (including phenoxy) is 1. The molecule has 0 atom stereocenters. The van der Waals surface area contributed by atoms with Gasteiger partial charge < -0.3 is 4.74 Å². The molecule has 1 heterocycles. The average Bonchev–Trinajstić information content (AvgIpc) is 2.54. The van der Waals surface area contributed by atoms with Gasteiger partial charge in [-0.1, -0.05) is 0 Å². The zero-order valence-electron chi connectivity index (χ0n) is 11.8. The SMILES string of the molecule is COC(=O)c1cc(S(=O)(=O)Nc2ncccc2C#N)ccc1I. The molecule has 1 N–H and O–H groups in total. The van der Waals surface area contributed by atoms with Crippen molar-refractivity contribution in [3.8, 4) is 6.07 Å². The number of rotatable bonds is 4. The minimum absolute atomic E-state index is 0.0758. The number of methoxy groups -OCH3 is 1. The lowest BCUT2D eigenvalue weighted by Gasteiger charge is -2.10. The highest BCUT2D eigenvalue weighted by molar-refractivity contribution is 14.1. The molecule has 2 aromatic rings. The molecule has 0 saturated heterocycles. The van der Waals surface area contributed by atoms with E-state index in [1.165, 1.54) is 43.6 Å². The lowest BCUT2D eigenvalue weighted by molar-refractivity contribution is 0.0599. The number of carbonyl (C=O) groups excluding carboxylic acids is 1. The van der Waals surface area contributed by atoms with Crippen LogP contribution in [-0.4, -0.2) is 26.5 Å². The maximum absolute atomic E-state index is 12.4. The summed E-state index contributed by atoms with van der Waals surface area (Å²) in [5.74, 6) is -0.713. The Bertz CT molecular complexity index is 906. The van der Waals surface area contributed by atoms with Crippen molar-refractivity contribution < 1.29 is 17.9 Å². The molecule has 7 nitrogen and oxygen atoms in total. The molecule has 0 bridgehead atoms. The van der Waals surface area contributed by atoms with Crippen molar-refractivity contribution in [2.24, 2.45) is 0 Å². The van der Waals surface area contributed by atoms with E-state index in [-0.39, 0.29) is 21.8 Å². The topological polar surface area (TPSA) is 109 Å². The van der Waals surface area contributed by atoms with Gasteiger partial charge in [0.05, 0.1) is 23.1 Å². The Labute approximate surface area is 146 Å². The van der Waals surface area contributed by atoms with E-state index in [1.807, 2.05) is 28.7 Å². The fraction of sp³-hybridized carbons (Fsp3) is 0.0714. The quantitative estimate of drug-likeness (QED) is 0.573. The molecule has 118 valence electrons. The first-order valence-electron chi connectivity index (χ1n) is 6.15. The summed E-state index contributed by atoms with van der Waals surface area (Å²) in [6.45, 7) is 0. The summed E-state index contributed by atoms with van der Waals surface area (Å²) < 4.78 is 32.3.